The summed E-state index contributed by atoms with van der Waals surface area (Å²) in [6, 6.07) is 8.08. The van der Waals surface area contributed by atoms with Crippen LogP contribution in [0.15, 0.2) is 47.5 Å². The Bertz CT molecular complexity index is 601. The molecule has 20 heavy (non-hydrogen) atoms. The second-order valence-electron chi connectivity index (χ2n) is 4.31. The summed E-state index contributed by atoms with van der Waals surface area (Å²) < 4.78 is 13.0. The van der Waals surface area contributed by atoms with Crippen molar-refractivity contribution in [3.63, 3.8) is 0 Å². The zero-order chi connectivity index (χ0) is 14.5. The molecule has 2 rings (SSSR count). The molecule has 0 bridgehead atoms. The zero-order valence-electron chi connectivity index (χ0n) is 10.7. The minimum atomic E-state index is -0.335. The first-order chi connectivity index (χ1) is 9.65. The Hall–Kier alpha value is -2.06. The van der Waals surface area contributed by atoms with Crippen molar-refractivity contribution in [2.75, 3.05) is 5.75 Å². The molecule has 1 aliphatic heterocycles. The Morgan fingerprint density at radius 1 is 1.50 bits per heavy atom. The van der Waals surface area contributed by atoms with Crippen molar-refractivity contribution in [2.45, 2.75) is 12.3 Å². The van der Waals surface area contributed by atoms with Gasteiger partial charge in [0.1, 0.15) is 5.82 Å². The highest BCUT2D eigenvalue weighted by molar-refractivity contribution is 8.03. The molecule has 1 unspecified atom stereocenters. The molecule has 0 radical (unpaired) electrons. The van der Waals surface area contributed by atoms with E-state index in [0.29, 0.717) is 16.4 Å². The molecular weight excluding hydrogens is 275 g/mol. The SMILES string of the molecule is C=CCSC1=C(C#N)C(c2ccc(F)cc2)CC(=O)N1. The van der Waals surface area contributed by atoms with Crippen LogP contribution < -0.4 is 5.32 Å². The van der Waals surface area contributed by atoms with Gasteiger partial charge in [0.15, 0.2) is 0 Å². The summed E-state index contributed by atoms with van der Waals surface area (Å²) >= 11 is 1.37. The molecule has 1 N–H and O–H groups in total. The van der Waals surface area contributed by atoms with Gasteiger partial charge in [-0.25, -0.2) is 4.39 Å². The number of thioether (sulfide) groups is 1. The van der Waals surface area contributed by atoms with Crippen molar-refractivity contribution in [2.24, 2.45) is 0 Å². The number of carbonyl (C=O) groups excluding carboxylic acids is 1. The van der Waals surface area contributed by atoms with Gasteiger partial charge in [0, 0.05) is 18.1 Å². The fourth-order valence-electron chi connectivity index (χ4n) is 2.06. The van der Waals surface area contributed by atoms with Crippen molar-refractivity contribution >= 4 is 17.7 Å². The van der Waals surface area contributed by atoms with Crippen LogP contribution in [0.1, 0.15) is 17.9 Å². The summed E-state index contributed by atoms with van der Waals surface area (Å²) in [6.45, 7) is 3.62. The average molecular weight is 288 g/mol. The number of nitriles is 1. The Morgan fingerprint density at radius 2 is 2.20 bits per heavy atom. The van der Waals surface area contributed by atoms with Crippen molar-refractivity contribution in [3.8, 4) is 6.07 Å². The third kappa shape index (κ3) is 3.09. The molecule has 1 atom stereocenters. The van der Waals surface area contributed by atoms with E-state index in [9.17, 15) is 14.4 Å². The third-order valence-corrected chi connectivity index (χ3v) is 3.99. The van der Waals surface area contributed by atoms with E-state index in [1.54, 1.807) is 18.2 Å². The van der Waals surface area contributed by atoms with E-state index in [4.69, 9.17) is 0 Å². The number of halogens is 1. The van der Waals surface area contributed by atoms with Crippen molar-refractivity contribution < 1.29 is 9.18 Å². The first-order valence-electron chi connectivity index (χ1n) is 6.09. The van der Waals surface area contributed by atoms with E-state index in [2.05, 4.69) is 18.0 Å². The van der Waals surface area contributed by atoms with Crippen LogP contribution in [0.2, 0.25) is 0 Å². The Morgan fingerprint density at radius 3 is 2.80 bits per heavy atom. The lowest BCUT2D eigenvalue weighted by atomic mass is 9.87. The van der Waals surface area contributed by atoms with Crippen LogP contribution >= 0.6 is 11.8 Å². The Kier molecular flexibility index (Phi) is 4.59. The summed E-state index contributed by atoms with van der Waals surface area (Å²) in [4.78, 5) is 11.8. The van der Waals surface area contributed by atoms with Gasteiger partial charge in [-0.1, -0.05) is 18.2 Å². The van der Waals surface area contributed by atoms with Crippen LogP contribution in [0.25, 0.3) is 0 Å². The van der Waals surface area contributed by atoms with Gasteiger partial charge < -0.3 is 5.32 Å². The monoisotopic (exact) mass is 288 g/mol. The molecule has 0 spiro atoms. The third-order valence-electron chi connectivity index (χ3n) is 2.97. The van der Waals surface area contributed by atoms with E-state index in [1.807, 2.05) is 0 Å². The van der Waals surface area contributed by atoms with Gasteiger partial charge in [0.2, 0.25) is 5.91 Å². The van der Waals surface area contributed by atoms with Crippen LogP contribution in [-0.2, 0) is 4.79 Å². The standard InChI is InChI=1S/C15H13FN2OS/c1-2-7-20-15-13(9-17)12(8-14(19)18-15)10-3-5-11(16)6-4-10/h2-6,12H,1,7-8H2,(H,18,19). The fraction of sp³-hybridized carbons (Fsp3) is 0.200. The van der Waals surface area contributed by atoms with Crippen LogP contribution in [0.5, 0.6) is 0 Å². The van der Waals surface area contributed by atoms with Gasteiger partial charge in [0.05, 0.1) is 16.7 Å². The number of benzene rings is 1. The van der Waals surface area contributed by atoms with Gasteiger partial charge in [-0.3, -0.25) is 4.79 Å². The molecule has 1 aromatic rings. The van der Waals surface area contributed by atoms with E-state index >= 15 is 0 Å². The van der Waals surface area contributed by atoms with E-state index in [0.717, 1.165) is 5.56 Å². The van der Waals surface area contributed by atoms with Gasteiger partial charge in [-0.15, -0.1) is 18.3 Å². The second kappa shape index (κ2) is 6.40. The molecule has 1 aromatic carbocycles. The van der Waals surface area contributed by atoms with Crippen molar-refractivity contribution in [3.05, 3.63) is 58.9 Å². The highest BCUT2D eigenvalue weighted by atomic mass is 32.2. The quantitative estimate of drug-likeness (QED) is 0.866. The van der Waals surface area contributed by atoms with Gasteiger partial charge in [-0.05, 0) is 17.7 Å². The largest absolute Gasteiger partial charge is 0.320 e. The van der Waals surface area contributed by atoms with E-state index in [1.165, 1.54) is 23.9 Å². The summed E-state index contributed by atoms with van der Waals surface area (Å²) in [5, 5.41) is 12.7. The lowest BCUT2D eigenvalue weighted by molar-refractivity contribution is -0.120. The maximum atomic E-state index is 13.0. The Balaban J connectivity index is 2.39. The van der Waals surface area contributed by atoms with Crippen LogP contribution in [0, 0.1) is 17.1 Å². The van der Waals surface area contributed by atoms with Gasteiger partial charge in [0.25, 0.3) is 0 Å². The van der Waals surface area contributed by atoms with Crippen LogP contribution in [0.3, 0.4) is 0 Å². The molecule has 0 saturated heterocycles. The van der Waals surface area contributed by atoms with E-state index < -0.39 is 0 Å². The summed E-state index contributed by atoms with van der Waals surface area (Å²) in [5.74, 6) is -0.180. The number of carbonyl (C=O) groups is 1. The zero-order valence-corrected chi connectivity index (χ0v) is 11.5. The van der Waals surface area contributed by atoms with Gasteiger partial charge in [-0.2, -0.15) is 5.26 Å². The molecule has 3 nitrogen and oxygen atoms in total. The lowest BCUT2D eigenvalue weighted by Crippen LogP contribution is -2.30. The summed E-state index contributed by atoms with van der Waals surface area (Å²) in [5.41, 5.74) is 1.29. The second-order valence-corrected chi connectivity index (χ2v) is 5.34. The van der Waals surface area contributed by atoms with Crippen molar-refractivity contribution in [1.82, 2.24) is 5.32 Å². The molecule has 0 aliphatic carbocycles. The van der Waals surface area contributed by atoms with E-state index in [-0.39, 0.29) is 24.1 Å². The number of allylic oxidation sites excluding steroid dienone is 1. The molecule has 5 heteroatoms. The molecule has 0 aromatic heterocycles. The number of rotatable bonds is 4. The molecule has 0 fully saturated rings. The molecule has 1 heterocycles. The first kappa shape index (κ1) is 14.4. The van der Waals surface area contributed by atoms with Crippen LogP contribution in [-0.4, -0.2) is 11.7 Å². The fourth-order valence-corrected chi connectivity index (χ4v) is 2.87. The molecular formula is C15H13FN2OS. The summed E-state index contributed by atoms with van der Waals surface area (Å²) in [7, 11) is 0. The maximum Gasteiger partial charge on any atom is 0.225 e. The lowest BCUT2D eigenvalue weighted by Gasteiger charge is -2.24. The van der Waals surface area contributed by atoms with Gasteiger partial charge >= 0.3 is 0 Å². The normalized spacial score (nSPS) is 18.4. The highest BCUT2D eigenvalue weighted by Crippen LogP contribution is 2.35. The summed E-state index contributed by atoms with van der Waals surface area (Å²) in [6.07, 6.45) is 1.91. The molecule has 0 saturated carbocycles. The number of hydrogen-bond acceptors (Lipinski definition) is 3. The number of amides is 1. The Labute approximate surface area is 121 Å². The predicted molar refractivity (Wildman–Crippen MR) is 77.2 cm³/mol. The predicted octanol–water partition coefficient (Wildman–Crippen LogP) is 3.08. The smallest absolute Gasteiger partial charge is 0.225 e. The number of nitrogens with zero attached hydrogens (tertiary/aromatic N) is 1. The minimum absolute atomic E-state index is 0.134. The topological polar surface area (TPSA) is 52.9 Å². The minimum Gasteiger partial charge on any atom is -0.320 e. The first-order valence-corrected chi connectivity index (χ1v) is 7.07. The maximum absolute atomic E-state index is 13.0. The molecule has 1 amide bonds. The van der Waals surface area contributed by atoms with Crippen molar-refractivity contribution in [1.29, 1.82) is 5.26 Å². The molecule has 1 aliphatic rings. The molecule has 102 valence electrons. The highest BCUT2D eigenvalue weighted by Gasteiger charge is 2.29. The number of hydrogen-bond donors (Lipinski definition) is 1. The van der Waals surface area contributed by atoms with Crippen LogP contribution in [0.4, 0.5) is 4.39 Å². The average Bonchev–Trinajstić information content (AvgIpc) is 2.45. The number of nitrogens with one attached hydrogen (secondary N) is 1.